The first kappa shape index (κ1) is 15.4. The van der Waals surface area contributed by atoms with Gasteiger partial charge in [-0.3, -0.25) is 0 Å². The third-order valence-corrected chi connectivity index (χ3v) is 3.20. The largest absolute Gasteiger partial charge is 0.416 e. The van der Waals surface area contributed by atoms with E-state index >= 15 is 0 Å². The molecule has 2 aromatic carbocycles. The average molecular weight is 301 g/mol. The maximum Gasteiger partial charge on any atom is 0.416 e. The number of hydrogen-bond acceptors (Lipinski definition) is 1. The monoisotopic (exact) mass is 301 g/mol. The molecule has 0 saturated carbocycles. The van der Waals surface area contributed by atoms with Gasteiger partial charge in [-0.2, -0.15) is 13.2 Å². The molecule has 6 heteroatoms. The highest BCUT2D eigenvalue weighted by Crippen LogP contribution is 2.32. The summed E-state index contributed by atoms with van der Waals surface area (Å²) in [5.74, 6) is -1.73. The minimum Gasteiger partial charge on any atom is -0.320 e. The van der Waals surface area contributed by atoms with Crippen molar-refractivity contribution in [3.05, 3.63) is 70.3 Å². The van der Waals surface area contributed by atoms with Crippen LogP contribution in [0, 0.1) is 18.6 Å². The fourth-order valence-electron chi connectivity index (χ4n) is 2.04. The van der Waals surface area contributed by atoms with Gasteiger partial charge in [0, 0.05) is 5.56 Å². The van der Waals surface area contributed by atoms with Gasteiger partial charge in [-0.25, -0.2) is 8.78 Å². The Morgan fingerprint density at radius 1 is 1.05 bits per heavy atom. The molecule has 1 nitrogen and oxygen atoms in total. The summed E-state index contributed by atoms with van der Waals surface area (Å²) in [4.78, 5) is 0. The van der Waals surface area contributed by atoms with Gasteiger partial charge in [-0.1, -0.05) is 18.2 Å². The molecule has 0 bridgehead atoms. The highest BCUT2D eigenvalue weighted by atomic mass is 19.4. The summed E-state index contributed by atoms with van der Waals surface area (Å²) in [5, 5.41) is 0. The lowest BCUT2D eigenvalue weighted by atomic mass is 9.95. The lowest BCUT2D eigenvalue weighted by Gasteiger charge is -2.17. The van der Waals surface area contributed by atoms with E-state index in [0.717, 1.165) is 24.3 Å². The van der Waals surface area contributed by atoms with Crippen molar-refractivity contribution in [3.8, 4) is 0 Å². The van der Waals surface area contributed by atoms with Crippen molar-refractivity contribution in [2.45, 2.75) is 19.1 Å². The molecule has 1 atom stereocenters. The Bertz CT molecular complexity index is 664. The van der Waals surface area contributed by atoms with E-state index in [9.17, 15) is 22.0 Å². The van der Waals surface area contributed by atoms with E-state index in [1.165, 1.54) is 19.1 Å². The van der Waals surface area contributed by atoms with E-state index < -0.39 is 35.0 Å². The van der Waals surface area contributed by atoms with Crippen molar-refractivity contribution < 1.29 is 22.0 Å². The summed E-state index contributed by atoms with van der Waals surface area (Å²) in [6, 6.07) is 5.11. The van der Waals surface area contributed by atoms with Gasteiger partial charge in [-0.15, -0.1) is 0 Å². The van der Waals surface area contributed by atoms with Crippen LogP contribution < -0.4 is 5.73 Å². The van der Waals surface area contributed by atoms with Gasteiger partial charge in [0.15, 0.2) is 0 Å². The Kier molecular flexibility index (Phi) is 4.00. The van der Waals surface area contributed by atoms with Gasteiger partial charge in [-0.05, 0) is 36.2 Å². The van der Waals surface area contributed by atoms with Crippen molar-refractivity contribution in [2.24, 2.45) is 5.73 Å². The van der Waals surface area contributed by atoms with Crippen LogP contribution in [-0.4, -0.2) is 0 Å². The van der Waals surface area contributed by atoms with Crippen LogP contribution in [0.2, 0.25) is 0 Å². The first-order valence-electron chi connectivity index (χ1n) is 6.09. The molecule has 0 aromatic heterocycles. The van der Waals surface area contributed by atoms with E-state index in [-0.39, 0.29) is 11.1 Å². The molecule has 2 aromatic rings. The number of halogens is 5. The summed E-state index contributed by atoms with van der Waals surface area (Å²) in [7, 11) is 0. The van der Waals surface area contributed by atoms with Crippen molar-refractivity contribution in [2.75, 3.05) is 0 Å². The number of nitrogens with two attached hydrogens (primary N) is 1. The summed E-state index contributed by atoms with van der Waals surface area (Å²) in [6.45, 7) is 1.43. The molecular weight excluding hydrogens is 289 g/mol. The Morgan fingerprint density at radius 3 is 2.33 bits per heavy atom. The van der Waals surface area contributed by atoms with Crippen LogP contribution >= 0.6 is 0 Å². The van der Waals surface area contributed by atoms with Crippen LogP contribution in [0.5, 0.6) is 0 Å². The zero-order valence-electron chi connectivity index (χ0n) is 11.0. The summed E-state index contributed by atoms with van der Waals surface area (Å²) < 4.78 is 65.8. The first-order chi connectivity index (χ1) is 9.71. The summed E-state index contributed by atoms with van der Waals surface area (Å²) >= 11 is 0. The second-order valence-corrected chi connectivity index (χ2v) is 4.69. The minimum absolute atomic E-state index is 0.00627. The normalized spacial score (nSPS) is 13.3. The molecule has 0 saturated heterocycles. The average Bonchev–Trinajstić information content (AvgIpc) is 2.42. The lowest BCUT2D eigenvalue weighted by Crippen LogP contribution is -2.17. The Hall–Kier alpha value is -1.95. The fraction of sp³-hybridized carbons (Fsp3) is 0.200. The second kappa shape index (κ2) is 5.44. The van der Waals surface area contributed by atoms with Gasteiger partial charge < -0.3 is 5.73 Å². The van der Waals surface area contributed by atoms with E-state index in [4.69, 9.17) is 5.73 Å². The molecule has 0 radical (unpaired) electrons. The molecule has 1 unspecified atom stereocenters. The predicted octanol–water partition coefficient (Wildman–Crippen LogP) is 4.34. The van der Waals surface area contributed by atoms with Crippen LogP contribution in [-0.2, 0) is 6.18 Å². The van der Waals surface area contributed by atoms with E-state index in [2.05, 4.69) is 0 Å². The van der Waals surface area contributed by atoms with Crippen molar-refractivity contribution in [1.82, 2.24) is 0 Å². The lowest BCUT2D eigenvalue weighted by molar-refractivity contribution is -0.137. The highest BCUT2D eigenvalue weighted by molar-refractivity contribution is 5.38. The summed E-state index contributed by atoms with van der Waals surface area (Å²) in [6.07, 6.45) is -4.54. The molecular formula is C15H12F5N. The topological polar surface area (TPSA) is 26.0 Å². The Morgan fingerprint density at radius 2 is 1.71 bits per heavy atom. The number of aryl methyl sites for hydroxylation is 1. The van der Waals surface area contributed by atoms with E-state index in [0.29, 0.717) is 0 Å². The molecule has 0 spiro atoms. The van der Waals surface area contributed by atoms with Gasteiger partial charge in [0.25, 0.3) is 0 Å². The Balaban J connectivity index is 2.51. The number of benzene rings is 2. The SMILES string of the molecule is Cc1ccc(F)c(C(N)c2cccc(C(F)(F)F)c2)c1F. The maximum atomic E-state index is 14.0. The zero-order valence-corrected chi connectivity index (χ0v) is 11.0. The van der Waals surface area contributed by atoms with Crippen LogP contribution in [0.4, 0.5) is 22.0 Å². The molecule has 21 heavy (non-hydrogen) atoms. The first-order valence-corrected chi connectivity index (χ1v) is 6.09. The molecule has 2 N–H and O–H groups in total. The molecule has 0 aliphatic heterocycles. The smallest absolute Gasteiger partial charge is 0.320 e. The molecule has 112 valence electrons. The minimum atomic E-state index is -4.54. The van der Waals surface area contributed by atoms with Crippen LogP contribution in [0.15, 0.2) is 36.4 Å². The second-order valence-electron chi connectivity index (χ2n) is 4.69. The fourth-order valence-corrected chi connectivity index (χ4v) is 2.04. The van der Waals surface area contributed by atoms with Gasteiger partial charge >= 0.3 is 6.18 Å². The van der Waals surface area contributed by atoms with Gasteiger partial charge in [0.2, 0.25) is 0 Å². The molecule has 2 rings (SSSR count). The Labute approximate surface area is 118 Å². The summed E-state index contributed by atoms with van der Waals surface area (Å²) in [5.41, 5.74) is 4.57. The molecule has 0 heterocycles. The quantitative estimate of drug-likeness (QED) is 0.820. The molecule has 0 aliphatic carbocycles. The maximum absolute atomic E-state index is 14.0. The number of hydrogen-bond donors (Lipinski definition) is 1. The third-order valence-electron chi connectivity index (χ3n) is 3.20. The zero-order chi connectivity index (χ0) is 15.8. The standard InChI is InChI=1S/C15H12F5N/c1-8-5-6-11(16)12(13(8)17)14(21)9-3-2-4-10(7-9)15(18,19)20/h2-7,14H,21H2,1H3. The van der Waals surface area contributed by atoms with Crippen LogP contribution in [0.1, 0.15) is 28.3 Å². The molecule has 0 fully saturated rings. The number of rotatable bonds is 2. The third kappa shape index (κ3) is 3.05. The molecule has 0 aliphatic rings. The van der Waals surface area contributed by atoms with Gasteiger partial charge in [0.05, 0.1) is 11.6 Å². The van der Waals surface area contributed by atoms with Gasteiger partial charge in [0.1, 0.15) is 11.6 Å². The van der Waals surface area contributed by atoms with E-state index in [1.54, 1.807) is 0 Å². The van der Waals surface area contributed by atoms with Crippen LogP contribution in [0.3, 0.4) is 0 Å². The van der Waals surface area contributed by atoms with Crippen molar-refractivity contribution in [3.63, 3.8) is 0 Å². The molecule has 0 amide bonds. The highest BCUT2D eigenvalue weighted by Gasteiger charge is 2.31. The predicted molar refractivity (Wildman–Crippen MR) is 68.6 cm³/mol. The number of alkyl halides is 3. The van der Waals surface area contributed by atoms with Crippen molar-refractivity contribution in [1.29, 1.82) is 0 Å². The van der Waals surface area contributed by atoms with Crippen LogP contribution in [0.25, 0.3) is 0 Å². The van der Waals surface area contributed by atoms with E-state index in [1.807, 2.05) is 0 Å². The van der Waals surface area contributed by atoms with Crippen molar-refractivity contribution >= 4 is 0 Å².